The Morgan fingerprint density at radius 2 is 1.59 bits per heavy atom. The third kappa shape index (κ3) is 4.74. The number of piperidine rings is 1. The third-order valence-corrected chi connectivity index (χ3v) is 7.87. The molecule has 1 saturated heterocycles. The van der Waals surface area contributed by atoms with Gasteiger partial charge in [-0.3, -0.25) is 9.78 Å². The fourth-order valence-electron chi connectivity index (χ4n) is 4.04. The van der Waals surface area contributed by atoms with Gasteiger partial charge in [0.15, 0.2) is 0 Å². The highest BCUT2D eigenvalue weighted by Crippen LogP contribution is 2.26. The first kappa shape index (κ1) is 22.2. The van der Waals surface area contributed by atoms with Crippen LogP contribution < -0.4 is 5.32 Å². The van der Waals surface area contributed by atoms with Gasteiger partial charge in [-0.25, -0.2) is 8.42 Å². The third-order valence-electron chi connectivity index (χ3n) is 5.83. The van der Waals surface area contributed by atoms with E-state index in [1.807, 2.05) is 42.5 Å². The van der Waals surface area contributed by atoms with Crippen molar-refractivity contribution in [1.82, 2.24) is 14.6 Å². The number of benzene rings is 2. The van der Waals surface area contributed by atoms with Crippen LogP contribution in [0.1, 0.15) is 52.4 Å². The number of aryl methyl sites for hydroxylation is 1. The average molecular weight is 450 g/mol. The lowest BCUT2D eigenvalue weighted by Crippen LogP contribution is -2.36. The number of carbonyl (C=O) groups excluding carboxylic acids is 1. The molecule has 1 aliphatic heterocycles. The second-order valence-corrected chi connectivity index (χ2v) is 9.95. The molecule has 0 saturated carbocycles. The Balaban J connectivity index is 1.65. The van der Waals surface area contributed by atoms with Gasteiger partial charge in [-0.1, -0.05) is 42.8 Å². The molecular formula is C25H27N3O3S. The number of amides is 1. The monoisotopic (exact) mass is 449 g/mol. The Kier molecular flexibility index (Phi) is 6.67. The van der Waals surface area contributed by atoms with Crippen LogP contribution in [0.2, 0.25) is 0 Å². The van der Waals surface area contributed by atoms with Crippen LogP contribution in [-0.4, -0.2) is 36.7 Å². The maximum absolute atomic E-state index is 13.2. The molecule has 3 aromatic rings. The summed E-state index contributed by atoms with van der Waals surface area (Å²) >= 11 is 0. The molecule has 4 rings (SSSR count). The molecule has 166 valence electrons. The van der Waals surface area contributed by atoms with Crippen molar-refractivity contribution in [3.8, 4) is 0 Å². The lowest BCUT2D eigenvalue weighted by molar-refractivity contribution is 0.0942. The van der Waals surface area contributed by atoms with Gasteiger partial charge >= 0.3 is 0 Å². The van der Waals surface area contributed by atoms with Gasteiger partial charge in [-0.2, -0.15) is 4.31 Å². The minimum atomic E-state index is -3.64. The molecule has 1 atom stereocenters. The van der Waals surface area contributed by atoms with E-state index in [2.05, 4.69) is 10.3 Å². The number of hydrogen-bond donors (Lipinski definition) is 1. The Morgan fingerprint density at radius 1 is 0.938 bits per heavy atom. The fraction of sp³-hybridized carbons (Fsp3) is 0.280. The van der Waals surface area contributed by atoms with E-state index in [4.69, 9.17) is 0 Å². The highest BCUT2D eigenvalue weighted by molar-refractivity contribution is 7.89. The lowest BCUT2D eigenvalue weighted by atomic mass is 9.99. The van der Waals surface area contributed by atoms with E-state index in [9.17, 15) is 13.2 Å². The number of rotatable bonds is 6. The van der Waals surface area contributed by atoms with Crippen molar-refractivity contribution in [3.63, 3.8) is 0 Å². The van der Waals surface area contributed by atoms with Crippen molar-refractivity contribution >= 4 is 15.9 Å². The maximum Gasteiger partial charge on any atom is 0.252 e. The summed E-state index contributed by atoms with van der Waals surface area (Å²) in [5.74, 6) is -0.328. The molecule has 2 aromatic carbocycles. The van der Waals surface area contributed by atoms with Gasteiger partial charge in [-0.15, -0.1) is 0 Å². The van der Waals surface area contributed by atoms with Crippen LogP contribution in [0.4, 0.5) is 0 Å². The standard InChI is InChI=1S/C25H27N3O3S/c1-19-10-11-22(18-23(19)32(30,31)28-16-6-3-7-17-28)25(29)27-24(20-8-4-2-5-9-20)21-12-14-26-15-13-21/h2,4-5,8-15,18,24H,3,6-7,16-17H2,1H3,(H,27,29). The first-order valence-corrected chi connectivity index (χ1v) is 12.3. The van der Waals surface area contributed by atoms with Gasteiger partial charge in [0.05, 0.1) is 10.9 Å². The summed E-state index contributed by atoms with van der Waals surface area (Å²) in [5, 5.41) is 3.07. The van der Waals surface area contributed by atoms with E-state index in [0.717, 1.165) is 30.4 Å². The fourth-order valence-corrected chi connectivity index (χ4v) is 5.81. The number of carbonyl (C=O) groups is 1. The smallest absolute Gasteiger partial charge is 0.252 e. The molecule has 1 amide bonds. The number of aromatic nitrogens is 1. The van der Waals surface area contributed by atoms with Gasteiger partial charge in [0.2, 0.25) is 10.0 Å². The van der Waals surface area contributed by atoms with Crippen molar-refractivity contribution < 1.29 is 13.2 Å². The molecule has 0 bridgehead atoms. The molecular weight excluding hydrogens is 422 g/mol. The van der Waals surface area contributed by atoms with Gasteiger partial charge in [-0.05, 0) is 60.7 Å². The number of nitrogens with one attached hydrogen (secondary N) is 1. The Bertz CT molecular complexity index is 1140. The summed E-state index contributed by atoms with van der Waals surface area (Å²) in [4.78, 5) is 17.5. The molecule has 1 N–H and O–H groups in total. The molecule has 7 heteroatoms. The number of sulfonamides is 1. The zero-order chi connectivity index (χ0) is 22.6. The van der Waals surface area contributed by atoms with Crippen LogP contribution in [0.5, 0.6) is 0 Å². The predicted molar refractivity (Wildman–Crippen MR) is 124 cm³/mol. The summed E-state index contributed by atoms with van der Waals surface area (Å²) < 4.78 is 28.0. The Labute approximate surface area is 189 Å². The second kappa shape index (κ2) is 9.63. The lowest BCUT2D eigenvalue weighted by Gasteiger charge is -2.26. The van der Waals surface area contributed by atoms with Crippen LogP contribution >= 0.6 is 0 Å². The molecule has 0 radical (unpaired) electrons. The zero-order valence-electron chi connectivity index (χ0n) is 18.1. The zero-order valence-corrected chi connectivity index (χ0v) is 18.9. The summed E-state index contributed by atoms with van der Waals surface area (Å²) in [6.07, 6.45) is 6.15. The highest BCUT2D eigenvalue weighted by atomic mass is 32.2. The first-order valence-electron chi connectivity index (χ1n) is 10.8. The topological polar surface area (TPSA) is 79.4 Å². The molecule has 6 nitrogen and oxygen atoms in total. The average Bonchev–Trinajstić information content (AvgIpc) is 2.84. The van der Waals surface area contributed by atoms with E-state index >= 15 is 0 Å². The summed E-state index contributed by atoms with van der Waals surface area (Å²) in [5.41, 5.74) is 2.79. The summed E-state index contributed by atoms with van der Waals surface area (Å²) in [7, 11) is -3.64. The normalized spacial score (nSPS) is 15.8. The van der Waals surface area contributed by atoms with E-state index in [1.54, 1.807) is 31.5 Å². The van der Waals surface area contributed by atoms with Crippen LogP contribution in [0, 0.1) is 6.92 Å². The van der Waals surface area contributed by atoms with Crippen LogP contribution in [-0.2, 0) is 10.0 Å². The van der Waals surface area contributed by atoms with Crippen molar-refractivity contribution in [2.75, 3.05) is 13.1 Å². The van der Waals surface area contributed by atoms with Crippen molar-refractivity contribution in [2.45, 2.75) is 37.1 Å². The largest absolute Gasteiger partial charge is 0.341 e. The predicted octanol–water partition coefficient (Wildman–Crippen LogP) is 4.08. The quantitative estimate of drug-likeness (QED) is 0.615. The Morgan fingerprint density at radius 3 is 2.28 bits per heavy atom. The van der Waals surface area contributed by atoms with Gasteiger partial charge in [0, 0.05) is 31.0 Å². The molecule has 0 spiro atoms. The summed E-state index contributed by atoms with van der Waals surface area (Å²) in [6, 6.07) is 17.9. The second-order valence-electron chi connectivity index (χ2n) is 8.04. The number of pyridine rings is 1. The molecule has 1 unspecified atom stereocenters. The van der Waals surface area contributed by atoms with Crippen molar-refractivity contribution in [2.24, 2.45) is 0 Å². The number of nitrogens with zero attached hydrogens (tertiary/aromatic N) is 2. The van der Waals surface area contributed by atoms with Gasteiger partial charge < -0.3 is 5.32 Å². The van der Waals surface area contributed by atoms with E-state index in [1.165, 1.54) is 10.4 Å². The van der Waals surface area contributed by atoms with Gasteiger partial charge in [0.25, 0.3) is 5.91 Å². The van der Waals surface area contributed by atoms with E-state index in [-0.39, 0.29) is 16.8 Å². The van der Waals surface area contributed by atoms with Crippen molar-refractivity contribution in [1.29, 1.82) is 0 Å². The molecule has 1 fully saturated rings. The van der Waals surface area contributed by atoms with Gasteiger partial charge in [0.1, 0.15) is 0 Å². The Hall–Kier alpha value is -3.03. The number of hydrogen-bond acceptors (Lipinski definition) is 4. The minimum absolute atomic E-state index is 0.201. The molecule has 32 heavy (non-hydrogen) atoms. The maximum atomic E-state index is 13.2. The van der Waals surface area contributed by atoms with E-state index in [0.29, 0.717) is 24.2 Å². The SMILES string of the molecule is Cc1ccc(C(=O)NC(c2ccccc2)c2ccncc2)cc1S(=O)(=O)N1CCCCC1. The van der Waals surface area contributed by atoms with Crippen LogP contribution in [0.3, 0.4) is 0 Å². The molecule has 1 aliphatic rings. The molecule has 0 aliphatic carbocycles. The van der Waals surface area contributed by atoms with Crippen LogP contribution in [0.15, 0.2) is 78.0 Å². The minimum Gasteiger partial charge on any atom is -0.341 e. The summed E-state index contributed by atoms with van der Waals surface area (Å²) in [6.45, 7) is 2.81. The first-order chi connectivity index (χ1) is 15.5. The van der Waals surface area contributed by atoms with Crippen LogP contribution in [0.25, 0.3) is 0 Å². The highest BCUT2D eigenvalue weighted by Gasteiger charge is 2.28. The van der Waals surface area contributed by atoms with E-state index < -0.39 is 10.0 Å². The molecule has 2 heterocycles. The molecule has 1 aromatic heterocycles. The van der Waals surface area contributed by atoms with Crippen molar-refractivity contribution in [3.05, 3.63) is 95.3 Å².